The van der Waals surface area contributed by atoms with Crippen LogP contribution in [0.3, 0.4) is 0 Å². The van der Waals surface area contributed by atoms with Gasteiger partial charge in [0.1, 0.15) is 5.75 Å². The fraction of sp³-hybridized carbons (Fsp3) is 0.632. The molecular weight excluding hydrogens is 352 g/mol. The molecule has 1 fully saturated rings. The van der Waals surface area contributed by atoms with Crippen molar-refractivity contribution in [2.24, 2.45) is 4.99 Å². The number of thioether (sulfide) groups is 1. The van der Waals surface area contributed by atoms with Crippen LogP contribution in [-0.4, -0.2) is 63.0 Å². The molecule has 6 nitrogen and oxygen atoms in total. The molecule has 7 heteroatoms. The number of hydrogen-bond donors (Lipinski definition) is 0. The number of amidine groups is 1. The Bertz CT molecular complexity index is 632. The summed E-state index contributed by atoms with van der Waals surface area (Å²) in [7, 11) is 4.97. The zero-order valence-corrected chi connectivity index (χ0v) is 16.6. The zero-order chi connectivity index (χ0) is 18.4. The van der Waals surface area contributed by atoms with Gasteiger partial charge in [-0.05, 0) is 25.3 Å². The summed E-state index contributed by atoms with van der Waals surface area (Å²) < 4.78 is 22.3. The second-order valence-corrected chi connectivity index (χ2v) is 7.46. The standard InChI is InChI=1S/C19H28N2O4S/c1-22-16-11-18(24-3)17(23-2)10-14(16)12-21(13-15-6-4-8-25-15)19-20-7-5-9-26-19/h10-11,15H,4-9,12-13H2,1-3H3. The van der Waals surface area contributed by atoms with Crippen LogP contribution in [0.4, 0.5) is 0 Å². The third kappa shape index (κ3) is 4.57. The number of benzene rings is 1. The topological polar surface area (TPSA) is 52.5 Å². The van der Waals surface area contributed by atoms with E-state index in [9.17, 15) is 0 Å². The Balaban J connectivity index is 1.86. The Morgan fingerprint density at radius 1 is 1.12 bits per heavy atom. The molecule has 2 heterocycles. The fourth-order valence-corrected chi connectivity index (χ4v) is 4.27. The molecule has 1 atom stereocenters. The van der Waals surface area contributed by atoms with Crippen molar-refractivity contribution in [3.8, 4) is 17.2 Å². The van der Waals surface area contributed by atoms with Crippen molar-refractivity contribution in [3.63, 3.8) is 0 Å². The third-order valence-corrected chi connectivity index (χ3v) is 5.79. The molecule has 2 aliphatic heterocycles. The Morgan fingerprint density at radius 3 is 2.50 bits per heavy atom. The van der Waals surface area contributed by atoms with E-state index in [2.05, 4.69) is 4.90 Å². The van der Waals surface area contributed by atoms with Gasteiger partial charge in [-0.1, -0.05) is 11.8 Å². The fourth-order valence-electron chi connectivity index (χ4n) is 3.31. The minimum absolute atomic E-state index is 0.270. The van der Waals surface area contributed by atoms with E-state index in [1.54, 1.807) is 21.3 Å². The van der Waals surface area contributed by atoms with Crippen molar-refractivity contribution in [2.75, 3.05) is 46.8 Å². The molecule has 0 N–H and O–H groups in total. The second-order valence-electron chi connectivity index (χ2n) is 6.40. The highest BCUT2D eigenvalue weighted by molar-refractivity contribution is 8.13. The molecular formula is C19H28N2O4S. The minimum atomic E-state index is 0.270. The molecule has 0 bridgehead atoms. The number of nitrogens with zero attached hydrogens (tertiary/aromatic N) is 2. The smallest absolute Gasteiger partial charge is 0.164 e. The highest BCUT2D eigenvalue weighted by Gasteiger charge is 2.24. The summed E-state index contributed by atoms with van der Waals surface area (Å²) >= 11 is 1.83. The Kier molecular flexibility index (Phi) is 6.91. The molecule has 1 saturated heterocycles. The summed E-state index contributed by atoms with van der Waals surface area (Å²) in [5.74, 6) is 3.28. The first-order valence-corrected chi connectivity index (χ1v) is 10.1. The van der Waals surface area contributed by atoms with Crippen LogP contribution in [0.15, 0.2) is 17.1 Å². The summed E-state index contributed by atoms with van der Waals surface area (Å²) in [5, 5.41) is 1.10. The van der Waals surface area contributed by atoms with Crippen molar-refractivity contribution in [3.05, 3.63) is 17.7 Å². The van der Waals surface area contributed by atoms with Gasteiger partial charge in [0.05, 0.1) is 27.4 Å². The van der Waals surface area contributed by atoms with Crippen LogP contribution in [0.2, 0.25) is 0 Å². The lowest BCUT2D eigenvalue weighted by molar-refractivity contribution is 0.0904. The van der Waals surface area contributed by atoms with E-state index in [1.165, 1.54) is 0 Å². The average molecular weight is 381 g/mol. The maximum atomic E-state index is 5.87. The predicted molar refractivity (Wildman–Crippen MR) is 105 cm³/mol. The first-order valence-electron chi connectivity index (χ1n) is 9.07. The van der Waals surface area contributed by atoms with Crippen LogP contribution in [0, 0.1) is 0 Å². The number of ether oxygens (including phenoxy) is 4. The Hall–Kier alpha value is -1.60. The van der Waals surface area contributed by atoms with Gasteiger partial charge in [-0.2, -0.15) is 0 Å². The average Bonchev–Trinajstić information content (AvgIpc) is 3.20. The number of hydrogen-bond acceptors (Lipinski definition) is 7. The second kappa shape index (κ2) is 9.37. The molecule has 0 radical (unpaired) electrons. The molecule has 0 amide bonds. The van der Waals surface area contributed by atoms with E-state index in [4.69, 9.17) is 23.9 Å². The molecule has 26 heavy (non-hydrogen) atoms. The minimum Gasteiger partial charge on any atom is -0.496 e. The summed E-state index contributed by atoms with van der Waals surface area (Å²) in [6, 6.07) is 3.88. The summed E-state index contributed by atoms with van der Waals surface area (Å²) in [5.41, 5.74) is 1.05. The zero-order valence-electron chi connectivity index (χ0n) is 15.8. The van der Waals surface area contributed by atoms with Crippen LogP contribution in [0.25, 0.3) is 0 Å². The molecule has 2 aliphatic rings. The van der Waals surface area contributed by atoms with Crippen molar-refractivity contribution < 1.29 is 18.9 Å². The summed E-state index contributed by atoms with van der Waals surface area (Å²) in [6.45, 7) is 3.31. The Morgan fingerprint density at radius 2 is 1.88 bits per heavy atom. The first-order chi connectivity index (χ1) is 12.7. The molecule has 1 aromatic rings. The van der Waals surface area contributed by atoms with Gasteiger partial charge >= 0.3 is 0 Å². The normalized spacial score (nSPS) is 19.8. The van der Waals surface area contributed by atoms with Crippen LogP contribution < -0.4 is 14.2 Å². The van der Waals surface area contributed by atoms with Crippen LogP contribution >= 0.6 is 11.8 Å². The molecule has 144 valence electrons. The van der Waals surface area contributed by atoms with Crippen LogP contribution in [0.5, 0.6) is 17.2 Å². The maximum absolute atomic E-state index is 5.87. The lowest BCUT2D eigenvalue weighted by Crippen LogP contribution is -2.36. The molecule has 0 spiro atoms. The van der Waals surface area contributed by atoms with Crippen molar-refractivity contribution in [1.29, 1.82) is 0 Å². The van der Waals surface area contributed by atoms with Crippen molar-refractivity contribution in [1.82, 2.24) is 4.90 Å². The van der Waals surface area contributed by atoms with Gasteiger partial charge in [0.25, 0.3) is 0 Å². The van der Waals surface area contributed by atoms with Gasteiger partial charge in [-0.3, -0.25) is 4.99 Å². The van der Waals surface area contributed by atoms with E-state index >= 15 is 0 Å². The van der Waals surface area contributed by atoms with Crippen LogP contribution in [-0.2, 0) is 11.3 Å². The lowest BCUT2D eigenvalue weighted by atomic mass is 10.1. The van der Waals surface area contributed by atoms with Gasteiger partial charge in [-0.25, -0.2) is 0 Å². The Labute approximate surface area is 159 Å². The third-order valence-electron chi connectivity index (χ3n) is 4.65. The molecule has 0 aliphatic carbocycles. The van der Waals surface area contributed by atoms with Gasteiger partial charge in [0.15, 0.2) is 16.7 Å². The number of rotatable bonds is 7. The number of aliphatic imine (C=N–C) groups is 1. The van der Waals surface area contributed by atoms with E-state index in [0.717, 1.165) is 61.2 Å². The summed E-state index contributed by atoms with van der Waals surface area (Å²) in [4.78, 5) is 7.08. The van der Waals surface area contributed by atoms with Crippen molar-refractivity contribution >= 4 is 16.9 Å². The highest BCUT2D eigenvalue weighted by atomic mass is 32.2. The van der Waals surface area contributed by atoms with E-state index in [1.807, 2.05) is 23.9 Å². The van der Waals surface area contributed by atoms with Gasteiger partial charge < -0.3 is 23.8 Å². The monoisotopic (exact) mass is 380 g/mol. The molecule has 1 unspecified atom stereocenters. The lowest BCUT2D eigenvalue weighted by Gasteiger charge is -2.30. The quantitative estimate of drug-likeness (QED) is 0.724. The first kappa shape index (κ1) is 19.2. The largest absolute Gasteiger partial charge is 0.496 e. The van der Waals surface area contributed by atoms with E-state index < -0.39 is 0 Å². The number of methoxy groups -OCH3 is 3. The molecule has 3 rings (SSSR count). The molecule has 1 aromatic carbocycles. The van der Waals surface area contributed by atoms with Gasteiger partial charge in [0, 0.05) is 43.6 Å². The van der Waals surface area contributed by atoms with E-state index in [-0.39, 0.29) is 6.10 Å². The molecule has 0 aromatic heterocycles. The predicted octanol–water partition coefficient (Wildman–Crippen LogP) is 3.19. The van der Waals surface area contributed by atoms with Crippen molar-refractivity contribution in [2.45, 2.75) is 31.9 Å². The highest BCUT2D eigenvalue weighted by Crippen LogP contribution is 2.36. The van der Waals surface area contributed by atoms with Crippen LogP contribution in [0.1, 0.15) is 24.8 Å². The molecule has 0 saturated carbocycles. The summed E-state index contributed by atoms with van der Waals surface area (Å²) in [6.07, 6.45) is 3.66. The maximum Gasteiger partial charge on any atom is 0.164 e. The van der Waals surface area contributed by atoms with Gasteiger partial charge in [-0.15, -0.1) is 0 Å². The SMILES string of the molecule is COc1cc(OC)c(OC)cc1CN(CC1CCCO1)C1=NCCCS1. The van der Waals surface area contributed by atoms with E-state index in [0.29, 0.717) is 18.0 Å². The van der Waals surface area contributed by atoms with Gasteiger partial charge in [0.2, 0.25) is 0 Å².